The van der Waals surface area contributed by atoms with Crippen molar-refractivity contribution in [3.05, 3.63) is 48.5 Å². The summed E-state index contributed by atoms with van der Waals surface area (Å²) in [6.07, 6.45) is 3.64. The third kappa shape index (κ3) is 3.15. The fraction of sp³-hybridized carbons (Fsp3) is 0.412. The van der Waals surface area contributed by atoms with Crippen molar-refractivity contribution in [2.75, 3.05) is 7.11 Å². The summed E-state index contributed by atoms with van der Waals surface area (Å²) in [6, 6.07) is 9.16. The number of methoxy groups -OCH3 is 1. The summed E-state index contributed by atoms with van der Waals surface area (Å²) in [6.45, 7) is 2.25. The number of aromatic nitrogens is 3. The number of carbonyl (C=O) groups excluding carboxylic acids is 2. The van der Waals surface area contributed by atoms with Gasteiger partial charge in [-0.3, -0.25) is 9.48 Å². The minimum atomic E-state index is -0.787. The molecule has 1 fully saturated rings. The number of nitrogens with zero attached hydrogens (tertiary/aromatic N) is 3. The van der Waals surface area contributed by atoms with E-state index in [0.29, 0.717) is 0 Å². The average Bonchev–Trinajstić information content (AvgIpc) is 3.05. The Morgan fingerprint density at radius 3 is 2.79 bits per heavy atom. The van der Waals surface area contributed by atoms with Crippen LogP contribution in [0.4, 0.5) is 0 Å². The van der Waals surface area contributed by atoms with Crippen LogP contribution in [0.3, 0.4) is 0 Å². The van der Waals surface area contributed by atoms with Gasteiger partial charge in [-0.1, -0.05) is 37.3 Å². The highest BCUT2D eigenvalue weighted by molar-refractivity contribution is 5.88. The molecule has 1 amide bonds. The van der Waals surface area contributed by atoms with Crippen LogP contribution in [0.15, 0.2) is 43.0 Å². The van der Waals surface area contributed by atoms with Crippen molar-refractivity contribution >= 4 is 11.9 Å². The van der Waals surface area contributed by atoms with Gasteiger partial charge in [0.25, 0.3) is 0 Å². The molecule has 1 aliphatic carbocycles. The van der Waals surface area contributed by atoms with E-state index < -0.39 is 12.0 Å². The first-order valence-electron chi connectivity index (χ1n) is 7.81. The first kappa shape index (κ1) is 16.2. The fourth-order valence-corrected chi connectivity index (χ4v) is 2.99. The summed E-state index contributed by atoms with van der Waals surface area (Å²) in [5, 5.41) is 6.75. The standard InChI is InChI=1S/C17H20N4O3/c1-17(12-6-4-3-5-7-12)8-13(17)15(22)20-14(16(23)24-2)9-21-11-18-10-19-21/h3-7,10-11,13-14H,8-9H2,1-2H3,(H,20,22)/t13-,14?,17+/m0/s1. The van der Waals surface area contributed by atoms with E-state index in [0.717, 1.165) is 12.0 Å². The van der Waals surface area contributed by atoms with Gasteiger partial charge >= 0.3 is 5.97 Å². The number of rotatable bonds is 6. The summed E-state index contributed by atoms with van der Waals surface area (Å²) in [4.78, 5) is 28.4. The molecule has 0 radical (unpaired) electrons. The Morgan fingerprint density at radius 1 is 1.42 bits per heavy atom. The van der Waals surface area contributed by atoms with Gasteiger partial charge in [-0.05, 0) is 12.0 Å². The molecule has 1 aromatic heterocycles. The number of hydrogen-bond donors (Lipinski definition) is 1. The van der Waals surface area contributed by atoms with E-state index in [1.165, 1.54) is 24.4 Å². The zero-order valence-corrected chi connectivity index (χ0v) is 13.7. The van der Waals surface area contributed by atoms with E-state index in [4.69, 9.17) is 4.74 Å². The maximum atomic E-state index is 12.6. The van der Waals surface area contributed by atoms with Gasteiger partial charge in [-0.15, -0.1) is 0 Å². The second-order valence-electron chi connectivity index (χ2n) is 6.24. The van der Waals surface area contributed by atoms with Crippen LogP contribution in [0.25, 0.3) is 0 Å². The normalized spacial score (nSPS) is 23.3. The molecule has 1 heterocycles. The third-order valence-corrected chi connectivity index (χ3v) is 4.63. The Labute approximate surface area is 140 Å². The molecule has 0 bridgehead atoms. The molecule has 7 nitrogen and oxygen atoms in total. The molecule has 2 aromatic rings. The van der Waals surface area contributed by atoms with Crippen LogP contribution in [0.1, 0.15) is 18.9 Å². The van der Waals surface area contributed by atoms with Gasteiger partial charge in [0.05, 0.1) is 13.7 Å². The smallest absolute Gasteiger partial charge is 0.330 e. The largest absolute Gasteiger partial charge is 0.467 e. The minimum Gasteiger partial charge on any atom is -0.467 e. The number of hydrogen-bond acceptors (Lipinski definition) is 5. The number of ether oxygens (including phenoxy) is 1. The molecule has 0 spiro atoms. The Kier molecular flexibility index (Phi) is 4.33. The molecule has 1 aliphatic rings. The van der Waals surface area contributed by atoms with Crippen LogP contribution in [-0.4, -0.2) is 39.8 Å². The van der Waals surface area contributed by atoms with Crippen LogP contribution in [-0.2, 0) is 26.3 Å². The van der Waals surface area contributed by atoms with Crippen LogP contribution in [0, 0.1) is 5.92 Å². The fourth-order valence-electron chi connectivity index (χ4n) is 2.99. The molecule has 24 heavy (non-hydrogen) atoms. The van der Waals surface area contributed by atoms with Gasteiger partial charge in [-0.25, -0.2) is 9.78 Å². The molecular weight excluding hydrogens is 308 g/mol. The first-order valence-corrected chi connectivity index (χ1v) is 7.81. The SMILES string of the molecule is COC(=O)C(Cn1cncn1)NC(=O)[C@@H]1C[C@]1(C)c1ccccc1. The van der Waals surface area contributed by atoms with Gasteiger partial charge < -0.3 is 10.1 Å². The Morgan fingerprint density at radius 2 is 2.17 bits per heavy atom. The molecule has 0 aliphatic heterocycles. The molecule has 1 saturated carbocycles. The monoisotopic (exact) mass is 328 g/mol. The van der Waals surface area contributed by atoms with Crippen LogP contribution in [0.2, 0.25) is 0 Å². The van der Waals surface area contributed by atoms with Crippen LogP contribution >= 0.6 is 0 Å². The summed E-state index contributed by atoms with van der Waals surface area (Å²) < 4.78 is 6.27. The Bertz CT molecular complexity index is 717. The Balaban J connectivity index is 1.67. The molecule has 7 heteroatoms. The number of amides is 1. The highest BCUT2D eigenvalue weighted by Gasteiger charge is 2.55. The van der Waals surface area contributed by atoms with Crippen molar-refractivity contribution in [2.45, 2.75) is 31.3 Å². The number of nitrogens with one attached hydrogen (secondary N) is 1. The van der Waals surface area contributed by atoms with Gasteiger partial charge in [0.15, 0.2) is 0 Å². The summed E-state index contributed by atoms with van der Waals surface area (Å²) in [7, 11) is 1.30. The molecule has 3 atom stereocenters. The lowest BCUT2D eigenvalue weighted by Gasteiger charge is -2.18. The molecule has 0 saturated heterocycles. The molecule has 1 aromatic carbocycles. The van der Waals surface area contributed by atoms with Gasteiger partial charge in [-0.2, -0.15) is 5.10 Å². The Hall–Kier alpha value is -2.70. The third-order valence-electron chi connectivity index (χ3n) is 4.63. The van der Waals surface area contributed by atoms with Crippen molar-refractivity contribution in [3.8, 4) is 0 Å². The number of esters is 1. The van der Waals surface area contributed by atoms with E-state index >= 15 is 0 Å². The molecule has 1 N–H and O–H groups in total. The second-order valence-corrected chi connectivity index (χ2v) is 6.24. The maximum Gasteiger partial charge on any atom is 0.330 e. The highest BCUT2D eigenvalue weighted by Crippen LogP contribution is 2.53. The van der Waals surface area contributed by atoms with Crippen molar-refractivity contribution < 1.29 is 14.3 Å². The van der Waals surface area contributed by atoms with Gasteiger partial charge in [0, 0.05) is 11.3 Å². The summed E-state index contributed by atoms with van der Waals surface area (Å²) in [5.74, 6) is -0.791. The zero-order valence-electron chi connectivity index (χ0n) is 13.7. The predicted molar refractivity (Wildman–Crippen MR) is 85.9 cm³/mol. The average molecular weight is 328 g/mol. The maximum absolute atomic E-state index is 12.6. The van der Waals surface area contributed by atoms with E-state index in [9.17, 15) is 9.59 Å². The number of carbonyl (C=O) groups is 2. The summed E-state index contributed by atoms with van der Waals surface area (Å²) >= 11 is 0. The first-order chi connectivity index (χ1) is 11.5. The van der Waals surface area contributed by atoms with Crippen LogP contribution in [0.5, 0.6) is 0 Å². The van der Waals surface area contributed by atoms with E-state index in [-0.39, 0.29) is 23.8 Å². The lowest BCUT2D eigenvalue weighted by Crippen LogP contribution is -2.45. The quantitative estimate of drug-likeness (QED) is 0.797. The molecule has 3 rings (SSSR count). The van der Waals surface area contributed by atoms with E-state index in [1.807, 2.05) is 30.3 Å². The molecule has 126 valence electrons. The minimum absolute atomic E-state index is 0.142. The predicted octanol–water partition coefficient (Wildman–Crippen LogP) is 0.914. The number of benzene rings is 1. The second kappa shape index (κ2) is 6.43. The van der Waals surface area contributed by atoms with Gasteiger partial charge in [0.2, 0.25) is 5.91 Å². The van der Waals surface area contributed by atoms with E-state index in [2.05, 4.69) is 22.3 Å². The zero-order chi connectivity index (χ0) is 17.2. The topological polar surface area (TPSA) is 86.1 Å². The molecular formula is C17H20N4O3. The molecule has 1 unspecified atom stereocenters. The highest BCUT2D eigenvalue weighted by atomic mass is 16.5. The van der Waals surface area contributed by atoms with Crippen molar-refractivity contribution in [1.29, 1.82) is 0 Å². The lowest BCUT2D eigenvalue weighted by molar-refractivity contribution is -0.145. The van der Waals surface area contributed by atoms with Crippen molar-refractivity contribution in [3.63, 3.8) is 0 Å². The van der Waals surface area contributed by atoms with Crippen LogP contribution < -0.4 is 5.32 Å². The lowest BCUT2D eigenvalue weighted by atomic mass is 9.95. The summed E-state index contributed by atoms with van der Waals surface area (Å²) in [5.41, 5.74) is 0.954. The van der Waals surface area contributed by atoms with E-state index in [1.54, 1.807) is 0 Å². The van der Waals surface area contributed by atoms with Gasteiger partial charge in [0.1, 0.15) is 18.7 Å². The van der Waals surface area contributed by atoms with Crippen molar-refractivity contribution in [1.82, 2.24) is 20.1 Å². The van der Waals surface area contributed by atoms with Crippen molar-refractivity contribution in [2.24, 2.45) is 5.92 Å².